The average Bonchev–Trinajstić information content (AvgIpc) is 3.34. The maximum Gasteiger partial charge on any atom is 0.232 e. The summed E-state index contributed by atoms with van der Waals surface area (Å²) in [5.41, 5.74) is 2.05. The van der Waals surface area contributed by atoms with Crippen molar-refractivity contribution in [1.82, 2.24) is 19.7 Å². The number of hydrogen-bond acceptors (Lipinski definition) is 5. The van der Waals surface area contributed by atoms with Crippen LogP contribution in [0.15, 0.2) is 54.4 Å². The summed E-state index contributed by atoms with van der Waals surface area (Å²) in [5, 5.41) is 6.18. The van der Waals surface area contributed by atoms with Crippen LogP contribution in [0.3, 0.4) is 0 Å². The first-order valence-electron chi connectivity index (χ1n) is 7.96. The topological polar surface area (TPSA) is 51.0 Å². The number of amides is 1. The Morgan fingerprint density at radius 3 is 2.76 bits per heavy atom. The molecule has 0 aliphatic carbocycles. The molecule has 0 aliphatic rings. The number of carbonyl (C=O) groups excluding carboxylic acids is 1. The molecule has 1 aromatic carbocycles. The van der Waals surface area contributed by atoms with Crippen LogP contribution in [0.2, 0.25) is 0 Å². The summed E-state index contributed by atoms with van der Waals surface area (Å²) in [6, 6.07) is 12.2. The van der Waals surface area contributed by atoms with Gasteiger partial charge in [0, 0.05) is 17.7 Å². The summed E-state index contributed by atoms with van der Waals surface area (Å²) >= 11 is 3.39. The molecule has 5 nitrogen and oxygen atoms in total. The van der Waals surface area contributed by atoms with E-state index in [4.69, 9.17) is 0 Å². The van der Waals surface area contributed by atoms with Crippen molar-refractivity contribution in [2.75, 3.05) is 12.8 Å². The first-order chi connectivity index (χ1) is 12.1. The van der Waals surface area contributed by atoms with E-state index in [0.29, 0.717) is 5.75 Å². The Kier molecular flexibility index (Phi) is 5.88. The van der Waals surface area contributed by atoms with Crippen molar-refractivity contribution < 1.29 is 4.79 Å². The fourth-order valence-corrected chi connectivity index (χ4v) is 4.21. The van der Waals surface area contributed by atoms with Gasteiger partial charge in [-0.3, -0.25) is 4.79 Å². The van der Waals surface area contributed by atoms with E-state index in [1.807, 2.05) is 49.2 Å². The van der Waals surface area contributed by atoms with Crippen molar-refractivity contribution in [3.8, 4) is 5.69 Å². The van der Waals surface area contributed by atoms with Gasteiger partial charge in [-0.1, -0.05) is 18.2 Å². The molecule has 1 amide bonds. The lowest BCUT2D eigenvalue weighted by Gasteiger charge is -2.25. The minimum absolute atomic E-state index is 0.0274. The van der Waals surface area contributed by atoms with Crippen LogP contribution in [0.5, 0.6) is 0 Å². The average molecular weight is 373 g/mol. The van der Waals surface area contributed by atoms with Gasteiger partial charge in [-0.05, 0) is 36.1 Å². The SMILES string of the molecule is C[C@H](c1ccc(-n2cncn2)cc1)N(C)C(=O)CSCc1cccs1. The second kappa shape index (κ2) is 8.31. The number of thioether (sulfide) groups is 1. The molecule has 0 spiro atoms. The fourth-order valence-electron chi connectivity index (χ4n) is 2.42. The molecule has 0 aliphatic heterocycles. The van der Waals surface area contributed by atoms with Gasteiger partial charge in [0.2, 0.25) is 5.91 Å². The number of nitrogens with zero attached hydrogens (tertiary/aromatic N) is 4. The minimum atomic E-state index is 0.0274. The minimum Gasteiger partial charge on any atom is -0.338 e. The maximum atomic E-state index is 12.4. The lowest BCUT2D eigenvalue weighted by atomic mass is 10.1. The molecule has 0 saturated heterocycles. The van der Waals surface area contributed by atoms with Gasteiger partial charge in [0.25, 0.3) is 0 Å². The number of rotatable bonds is 7. The van der Waals surface area contributed by atoms with Crippen LogP contribution in [0.4, 0.5) is 0 Å². The van der Waals surface area contributed by atoms with Gasteiger partial charge in [-0.15, -0.1) is 23.1 Å². The zero-order chi connectivity index (χ0) is 17.6. The van der Waals surface area contributed by atoms with Crippen molar-refractivity contribution >= 4 is 29.0 Å². The van der Waals surface area contributed by atoms with Crippen molar-refractivity contribution in [2.24, 2.45) is 0 Å². The van der Waals surface area contributed by atoms with Crippen molar-refractivity contribution in [2.45, 2.75) is 18.7 Å². The lowest BCUT2D eigenvalue weighted by Crippen LogP contribution is -2.31. The molecular formula is C18H20N4OS2. The third-order valence-corrected chi connectivity index (χ3v) is 6.11. The van der Waals surface area contributed by atoms with Gasteiger partial charge < -0.3 is 4.90 Å². The van der Waals surface area contributed by atoms with Crippen LogP contribution in [0, 0.1) is 0 Å². The second-order valence-corrected chi connectivity index (χ2v) is 7.70. The summed E-state index contributed by atoms with van der Waals surface area (Å²) < 4.78 is 1.71. The zero-order valence-electron chi connectivity index (χ0n) is 14.2. The van der Waals surface area contributed by atoms with E-state index in [1.54, 1.807) is 34.1 Å². The maximum absolute atomic E-state index is 12.4. The first kappa shape index (κ1) is 17.7. The smallest absolute Gasteiger partial charge is 0.232 e. The van der Waals surface area contributed by atoms with Gasteiger partial charge in [0.05, 0.1) is 17.5 Å². The second-order valence-electron chi connectivity index (χ2n) is 5.68. The summed E-state index contributed by atoms with van der Waals surface area (Å²) in [6.45, 7) is 2.05. The molecule has 2 heterocycles. The van der Waals surface area contributed by atoms with Crippen molar-refractivity contribution in [1.29, 1.82) is 0 Å². The number of thiophene rings is 1. The summed E-state index contributed by atoms with van der Waals surface area (Å²) in [6.07, 6.45) is 3.18. The molecule has 2 aromatic heterocycles. The van der Waals surface area contributed by atoms with Crippen molar-refractivity contribution in [3.63, 3.8) is 0 Å². The Bertz CT molecular complexity index is 785. The van der Waals surface area contributed by atoms with E-state index < -0.39 is 0 Å². The summed E-state index contributed by atoms with van der Waals surface area (Å²) in [5.74, 6) is 1.53. The van der Waals surface area contributed by atoms with Crippen LogP contribution in [-0.2, 0) is 10.5 Å². The summed E-state index contributed by atoms with van der Waals surface area (Å²) in [4.78, 5) is 19.5. The van der Waals surface area contributed by atoms with Gasteiger partial charge in [-0.25, -0.2) is 9.67 Å². The molecule has 0 radical (unpaired) electrons. The number of hydrogen-bond donors (Lipinski definition) is 0. The number of aromatic nitrogens is 3. The van der Waals surface area contributed by atoms with Gasteiger partial charge >= 0.3 is 0 Å². The quantitative estimate of drug-likeness (QED) is 0.633. The van der Waals surface area contributed by atoms with Crippen LogP contribution in [0.25, 0.3) is 5.69 Å². The normalized spacial score (nSPS) is 12.1. The highest BCUT2D eigenvalue weighted by Crippen LogP contribution is 2.22. The molecule has 7 heteroatoms. The molecule has 25 heavy (non-hydrogen) atoms. The highest BCUT2D eigenvalue weighted by atomic mass is 32.2. The highest BCUT2D eigenvalue weighted by molar-refractivity contribution is 7.99. The van der Waals surface area contributed by atoms with Gasteiger partial charge in [0.15, 0.2) is 0 Å². The van der Waals surface area contributed by atoms with E-state index in [-0.39, 0.29) is 11.9 Å². The first-order valence-corrected chi connectivity index (χ1v) is 9.99. The van der Waals surface area contributed by atoms with Gasteiger partial charge in [0.1, 0.15) is 12.7 Å². The largest absolute Gasteiger partial charge is 0.338 e. The molecular weight excluding hydrogens is 352 g/mol. The lowest BCUT2D eigenvalue weighted by molar-refractivity contribution is -0.128. The Balaban J connectivity index is 1.55. The Hall–Kier alpha value is -2.12. The molecule has 3 aromatic rings. The fraction of sp³-hybridized carbons (Fsp3) is 0.278. The molecule has 1 atom stereocenters. The van der Waals surface area contributed by atoms with E-state index in [0.717, 1.165) is 17.0 Å². The van der Waals surface area contributed by atoms with Crippen LogP contribution >= 0.6 is 23.1 Å². The zero-order valence-corrected chi connectivity index (χ0v) is 15.8. The van der Waals surface area contributed by atoms with E-state index >= 15 is 0 Å². The third kappa shape index (κ3) is 4.49. The monoisotopic (exact) mass is 372 g/mol. The van der Waals surface area contributed by atoms with Gasteiger partial charge in [-0.2, -0.15) is 5.10 Å². The Morgan fingerprint density at radius 2 is 2.12 bits per heavy atom. The van der Waals surface area contributed by atoms with E-state index in [9.17, 15) is 4.79 Å². The number of carbonyl (C=O) groups is 1. The third-order valence-electron chi connectivity index (χ3n) is 4.08. The predicted molar refractivity (Wildman–Crippen MR) is 103 cm³/mol. The Morgan fingerprint density at radius 1 is 1.32 bits per heavy atom. The predicted octanol–water partition coefficient (Wildman–Crippen LogP) is 3.78. The highest BCUT2D eigenvalue weighted by Gasteiger charge is 2.17. The molecule has 130 valence electrons. The van der Waals surface area contributed by atoms with Crippen LogP contribution in [-0.4, -0.2) is 38.4 Å². The Labute approximate surface area is 155 Å². The van der Waals surface area contributed by atoms with Crippen LogP contribution in [0.1, 0.15) is 23.4 Å². The van der Waals surface area contributed by atoms with Crippen molar-refractivity contribution in [3.05, 3.63) is 64.9 Å². The standard InChI is InChI=1S/C18H20N4OS2/c1-14(15-5-7-16(8-6-15)22-13-19-12-20-22)21(2)18(23)11-24-10-17-4-3-9-25-17/h3-9,12-14H,10-11H2,1-2H3/t14-/m1/s1. The number of benzene rings is 1. The summed E-state index contributed by atoms with van der Waals surface area (Å²) in [7, 11) is 1.87. The molecule has 0 fully saturated rings. The van der Waals surface area contributed by atoms with E-state index in [1.165, 1.54) is 11.2 Å². The van der Waals surface area contributed by atoms with E-state index in [2.05, 4.69) is 21.5 Å². The molecule has 3 rings (SSSR count). The molecule has 0 saturated carbocycles. The molecule has 0 unspecified atom stereocenters. The molecule has 0 bridgehead atoms. The molecule has 0 N–H and O–H groups in total. The van der Waals surface area contributed by atoms with Crippen LogP contribution < -0.4 is 0 Å².